The minimum Gasteiger partial charge on any atom is -0.378 e. The van der Waals surface area contributed by atoms with Crippen LogP contribution in [0.5, 0.6) is 0 Å². The fraction of sp³-hybridized carbons (Fsp3) is 0.294. The average Bonchev–Trinajstić information content (AvgIpc) is 2.56. The van der Waals surface area contributed by atoms with Crippen LogP contribution >= 0.6 is 0 Å². The van der Waals surface area contributed by atoms with E-state index in [1.165, 1.54) is 24.3 Å². The number of hydrogen-bond donors (Lipinski definition) is 1. The number of ether oxygens (including phenoxy) is 1. The van der Waals surface area contributed by atoms with Crippen LogP contribution in [-0.2, 0) is 14.8 Å². The smallest absolute Gasteiger partial charge is 0.261 e. The number of para-hydroxylation sites is 1. The Morgan fingerprint density at radius 2 is 1.75 bits per heavy atom. The third kappa shape index (κ3) is 3.52. The second kappa shape index (κ2) is 6.78. The first-order valence-corrected chi connectivity index (χ1v) is 9.16. The Morgan fingerprint density at radius 3 is 2.42 bits per heavy atom. The fourth-order valence-electron chi connectivity index (χ4n) is 2.63. The van der Waals surface area contributed by atoms with Crippen LogP contribution in [0.3, 0.4) is 0 Å². The average molecular weight is 350 g/mol. The Balaban J connectivity index is 1.94. The van der Waals surface area contributed by atoms with E-state index in [-0.39, 0.29) is 16.3 Å². The second-order valence-electron chi connectivity index (χ2n) is 5.65. The normalized spacial score (nSPS) is 15.3. The summed E-state index contributed by atoms with van der Waals surface area (Å²) in [5.74, 6) is -0.457. The number of aryl methyl sites for hydroxylation is 1. The molecule has 5 nitrogen and oxygen atoms in total. The molecule has 1 N–H and O–H groups in total. The van der Waals surface area contributed by atoms with Gasteiger partial charge in [0.1, 0.15) is 5.82 Å². The highest BCUT2D eigenvalue weighted by molar-refractivity contribution is 7.92. The van der Waals surface area contributed by atoms with Crippen LogP contribution in [0.4, 0.5) is 15.8 Å². The molecule has 0 aliphatic carbocycles. The summed E-state index contributed by atoms with van der Waals surface area (Å²) in [6.45, 7) is 3.88. The van der Waals surface area contributed by atoms with Gasteiger partial charge in [0.05, 0.1) is 29.5 Å². The molecule has 128 valence electrons. The molecule has 0 amide bonds. The minimum atomic E-state index is -3.78. The lowest BCUT2D eigenvalue weighted by Gasteiger charge is -2.30. The molecule has 0 spiro atoms. The molecule has 0 unspecified atom stereocenters. The first-order chi connectivity index (χ1) is 11.5. The number of hydrogen-bond acceptors (Lipinski definition) is 4. The van der Waals surface area contributed by atoms with Crippen molar-refractivity contribution in [3.63, 3.8) is 0 Å². The molecule has 1 aliphatic rings. The van der Waals surface area contributed by atoms with Gasteiger partial charge in [-0.25, -0.2) is 12.8 Å². The summed E-state index contributed by atoms with van der Waals surface area (Å²) in [6.07, 6.45) is 0. The van der Waals surface area contributed by atoms with Crippen molar-refractivity contribution in [2.24, 2.45) is 0 Å². The quantitative estimate of drug-likeness (QED) is 0.921. The van der Waals surface area contributed by atoms with E-state index in [0.29, 0.717) is 26.3 Å². The highest BCUT2D eigenvalue weighted by Crippen LogP contribution is 2.31. The van der Waals surface area contributed by atoms with Gasteiger partial charge in [0.2, 0.25) is 0 Å². The Labute approximate surface area is 141 Å². The highest BCUT2D eigenvalue weighted by Gasteiger charge is 2.22. The first-order valence-electron chi connectivity index (χ1n) is 7.68. The molecule has 1 heterocycles. The maximum atomic E-state index is 14.3. The van der Waals surface area contributed by atoms with Gasteiger partial charge < -0.3 is 9.64 Å². The van der Waals surface area contributed by atoms with Gasteiger partial charge in [-0.15, -0.1) is 0 Å². The summed E-state index contributed by atoms with van der Waals surface area (Å²) in [5.41, 5.74) is 1.46. The lowest BCUT2D eigenvalue weighted by atomic mass is 10.2. The summed E-state index contributed by atoms with van der Waals surface area (Å²) in [7, 11) is -3.78. The molecule has 0 radical (unpaired) electrons. The zero-order valence-corrected chi connectivity index (χ0v) is 14.1. The Morgan fingerprint density at radius 1 is 1.08 bits per heavy atom. The molecule has 7 heteroatoms. The molecule has 1 saturated heterocycles. The molecule has 2 aromatic rings. The molecule has 2 aromatic carbocycles. The zero-order chi connectivity index (χ0) is 17.2. The standard InChI is InChI=1S/C17H19FN2O3S/c1-13-5-7-14(8-6-13)24(21,22)19-16-4-2-3-15(18)17(16)20-9-11-23-12-10-20/h2-8,19H,9-12H2,1H3. The SMILES string of the molecule is Cc1ccc(S(=O)(=O)Nc2cccc(F)c2N2CCOCC2)cc1. The molecule has 0 bridgehead atoms. The van der Waals surface area contributed by atoms with Gasteiger partial charge in [0.15, 0.2) is 0 Å². The van der Waals surface area contributed by atoms with Gasteiger partial charge in [-0.3, -0.25) is 4.72 Å². The van der Waals surface area contributed by atoms with E-state index in [4.69, 9.17) is 4.74 Å². The van der Waals surface area contributed by atoms with Crippen molar-refractivity contribution < 1.29 is 17.5 Å². The van der Waals surface area contributed by atoms with E-state index in [1.54, 1.807) is 23.1 Å². The summed E-state index contributed by atoms with van der Waals surface area (Å²) in [4.78, 5) is 1.94. The monoisotopic (exact) mass is 350 g/mol. The van der Waals surface area contributed by atoms with Crippen LogP contribution in [0, 0.1) is 12.7 Å². The zero-order valence-electron chi connectivity index (χ0n) is 13.3. The predicted octanol–water partition coefficient (Wildman–Crippen LogP) is 2.77. The van der Waals surface area contributed by atoms with Crippen LogP contribution in [0.25, 0.3) is 0 Å². The van der Waals surface area contributed by atoms with E-state index in [2.05, 4.69) is 4.72 Å². The predicted molar refractivity (Wildman–Crippen MR) is 91.4 cm³/mol. The first kappa shape index (κ1) is 16.7. The molecule has 0 aromatic heterocycles. The lowest BCUT2D eigenvalue weighted by molar-refractivity contribution is 0.122. The van der Waals surface area contributed by atoms with Crippen molar-refractivity contribution in [3.8, 4) is 0 Å². The van der Waals surface area contributed by atoms with Crippen molar-refractivity contribution in [1.82, 2.24) is 0 Å². The van der Waals surface area contributed by atoms with Crippen molar-refractivity contribution in [1.29, 1.82) is 0 Å². The number of halogens is 1. The molecular formula is C17H19FN2O3S. The van der Waals surface area contributed by atoms with Gasteiger partial charge >= 0.3 is 0 Å². The maximum Gasteiger partial charge on any atom is 0.261 e. The topological polar surface area (TPSA) is 58.6 Å². The Bertz CT molecular complexity index is 816. The largest absolute Gasteiger partial charge is 0.378 e. The van der Waals surface area contributed by atoms with Crippen molar-refractivity contribution >= 4 is 21.4 Å². The summed E-state index contributed by atoms with van der Waals surface area (Å²) >= 11 is 0. The molecule has 24 heavy (non-hydrogen) atoms. The maximum absolute atomic E-state index is 14.3. The number of sulfonamides is 1. The third-order valence-corrected chi connectivity index (χ3v) is 5.27. The molecule has 1 aliphatic heterocycles. The highest BCUT2D eigenvalue weighted by atomic mass is 32.2. The van der Waals surface area contributed by atoms with Crippen molar-refractivity contribution in [2.45, 2.75) is 11.8 Å². The number of anilines is 2. The van der Waals surface area contributed by atoms with E-state index < -0.39 is 15.8 Å². The third-order valence-electron chi connectivity index (χ3n) is 3.89. The second-order valence-corrected chi connectivity index (χ2v) is 7.34. The molecule has 0 saturated carbocycles. The van der Waals surface area contributed by atoms with Crippen LogP contribution in [0.2, 0.25) is 0 Å². The molecule has 3 rings (SSSR count). The van der Waals surface area contributed by atoms with Gasteiger partial charge in [-0.1, -0.05) is 23.8 Å². The van der Waals surface area contributed by atoms with E-state index in [0.717, 1.165) is 5.56 Å². The minimum absolute atomic E-state index is 0.144. The fourth-order valence-corrected chi connectivity index (χ4v) is 3.69. The van der Waals surface area contributed by atoms with E-state index >= 15 is 0 Å². The number of morpholine rings is 1. The van der Waals surface area contributed by atoms with E-state index in [1.807, 2.05) is 6.92 Å². The Hall–Kier alpha value is -2.12. The van der Waals surface area contributed by atoms with Gasteiger partial charge in [-0.2, -0.15) is 0 Å². The molecule has 1 fully saturated rings. The molecule has 0 atom stereocenters. The number of rotatable bonds is 4. The molecular weight excluding hydrogens is 331 g/mol. The summed E-state index contributed by atoms with van der Waals surface area (Å²) < 4.78 is 47.3. The summed E-state index contributed by atoms with van der Waals surface area (Å²) in [6, 6.07) is 10.9. The van der Waals surface area contributed by atoms with Gasteiger partial charge in [-0.05, 0) is 31.2 Å². The van der Waals surface area contributed by atoms with Crippen molar-refractivity contribution in [2.75, 3.05) is 35.9 Å². The summed E-state index contributed by atoms with van der Waals surface area (Å²) in [5, 5.41) is 0. The van der Waals surface area contributed by atoms with Crippen LogP contribution < -0.4 is 9.62 Å². The lowest BCUT2D eigenvalue weighted by Crippen LogP contribution is -2.37. The van der Waals surface area contributed by atoms with Crippen molar-refractivity contribution in [3.05, 3.63) is 53.8 Å². The van der Waals surface area contributed by atoms with Crippen LogP contribution in [-0.4, -0.2) is 34.7 Å². The van der Waals surface area contributed by atoms with E-state index in [9.17, 15) is 12.8 Å². The van der Waals surface area contributed by atoms with Gasteiger partial charge in [0, 0.05) is 13.1 Å². The Kier molecular flexibility index (Phi) is 4.73. The number of benzene rings is 2. The number of nitrogens with zero attached hydrogens (tertiary/aromatic N) is 1. The number of nitrogens with one attached hydrogen (secondary N) is 1. The van der Waals surface area contributed by atoms with Crippen LogP contribution in [0.15, 0.2) is 47.4 Å². The van der Waals surface area contributed by atoms with Gasteiger partial charge in [0.25, 0.3) is 10.0 Å². The van der Waals surface area contributed by atoms with Crippen LogP contribution in [0.1, 0.15) is 5.56 Å².